The van der Waals surface area contributed by atoms with Gasteiger partial charge in [0.25, 0.3) is 0 Å². The van der Waals surface area contributed by atoms with Gasteiger partial charge in [-0.15, -0.1) is 0 Å². The summed E-state index contributed by atoms with van der Waals surface area (Å²) in [4.78, 5) is 11.1. The number of nitrogens with zero attached hydrogens (tertiary/aromatic N) is 4. The van der Waals surface area contributed by atoms with E-state index in [1.165, 1.54) is 12.1 Å². The maximum atomic E-state index is 13.4. The molecule has 1 aliphatic heterocycles. The summed E-state index contributed by atoms with van der Waals surface area (Å²) in [7, 11) is 0. The normalized spacial score (nSPS) is 17.9. The van der Waals surface area contributed by atoms with E-state index >= 15 is 0 Å². The van der Waals surface area contributed by atoms with Gasteiger partial charge in [-0.3, -0.25) is 9.97 Å². The van der Waals surface area contributed by atoms with Crippen LogP contribution in [0, 0.1) is 13.8 Å². The lowest BCUT2D eigenvalue weighted by Crippen LogP contribution is -2.29. The fraction of sp³-hybridized carbons (Fsp3) is 0.222. The summed E-state index contributed by atoms with van der Waals surface area (Å²) >= 11 is 5.76. The van der Waals surface area contributed by atoms with E-state index < -0.39 is 11.7 Å². The van der Waals surface area contributed by atoms with Crippen LogP contribution in [0.5, 0.6) is 0 Å². The maximum Gasteiger partial charge on any atom is 0.416 e. The molecule has 1 N–H and O–H groups in total. The Morgan fingerprint density at radius 2 is 1.69 bits per heavy atom. The second-order valence-electron chi connectivity index (χ2n) is 8.79. The Morgan fingerprint density at radius 1 is 0.944 bits per heavy atom. The zero-order valence-electron chi connectivity index (χ0n) is 19.7. The van der Waals surface area contributed by atoms with Gasteiger partial charge >= 0.3 is 6.18 Å². The van der Waals surface area contributed by atoms with Crippen LogP contribution in [0.1, 0.15) is 46.0 Å². The molecule has 5 rings (SSSR count). The van der Waals surface area contributed by atoms with Gasteiger partial charge < -0.3 is 14.8 Å². The Kier molecular flexibility index (Phi) is 6.26. The van der Waals surface area contributed by atoms with Gasteiger partial charge in [0, 0.05) is 29.5 Å². The molecule has 5 nitrogen and oxygen atoms in total. The fourth-order valence-electron chi connectivity index (χ4n) is 4.89. The van der Waals surface area contributed by atoms with Crippen LogP contribution in [-0.4, -0.2) is 24.5 Å². The molecule has 4 heterocycles. The van der Waals surface area contributed by atoms with Gasteiger partial charge in [-0.05, 0) is 80.2 Å². The molecule has 36 heavy (non-hydrogen) atoms. The van der Waals surface area contributed by atoms with Crippen molar-refractivity contribution in [3.05, 3.63) is 113 Å². The third kappa shape index (κ3) is 4.46. The van der Waals surface area contributed by atoms with Crippen LogP contribution >= 0.6 is 12.2 Å². The molecule has 0 spiro atoms. The van der Waals surface area contributed by atoms with Crippen LogP contribution in [0.3, 0.4) is 0 Å². The van der Waals surface area contributed by atoms with E-state index in [1.54, 1.807) is 18.5 Å². The predicted octanol–water partition coefficient (Wildman–Crippen LogP) is 6.08. The molecule has 0 bridgehead atoms. The minimum absolute atomic E-state index is 0.236. The van der Waals surface area contributed by atoms with Crippen LogP contribution in [0.15, 0.2) is 79.1 Å². The number of alkyl halides is 3. The molecule has 2 atom stereocenters. The van der Waals surface area contributed by atoms with E-state index in [-0.39, 0.29) is 12.1 Å². The summed E-state index contributed by atoms with van der Waals surface area (Å²) in [6.45, 7) is 4.31. The average Bonchev–Trinajstić information content (AvgIpc) is 3.34. The lowest BCUT2D eigenvalue weighted by atomic mass is 9.96. The molecule has 3 aromatic heterocycles. The monoisotopic (exact) mass is 507 g/mol. The first kappa shape index (κ1) is 24.0. The quantitative estimate of drug-likeness (QED) is 0.332. The minimum atomic E-state index is -4.42. The Hall–Kier alpha value is -3.72. The van der Waals surface area contributed by atoms with Gasteiger partial charge in [-0.25, -0.2) is 0 Å². The van der Waals surface area contributed by atoms with Gasteiger partial charge in [-0.2, -0.15) is 13.2 Å². The second kappa shape index (κ2) is 9.39. The largest absolute Gasteiger partial charge is 0.416 e. The summed E-state index contributed by atoms with van der Waals surface area (Å²) in [6.07, 6.45) is -0.935. The van der Waals surface area contributed by atoms with Gasteiger partial charge in [0.15, 0.2) is 5.11 Å². The van der Waals surface area contributed by atoms with Gasteiger partial charge in [0.2, 0.25) is 0 Å². The number of hydrogen-bond acceptors (Lipinski definition) is 3. The summed E-state index contributed by atoms with van der Waals surface area (Å²) in [5, 5.41) is 4.00. The van der Waals surface area contributed by atoms with Crippen LogP contribution in [0.4, 0.5) is 13.2 Å². The highest BCUT2D eigenvalue weighted by Gasteiger charge is 2.41. The number of thiocarbonyl (C=S) groups is 1. The highest BCUT2D eigenvalue weighted by Crippen LogP contribution is 2.42. The molecule has 184 valence electrons. The number of halogens is 3. The van der Waals surface area contributed by atoms with Gasteiger partial charge in [0.05, 0.1) is 35.6 Å². The molecule has 4 aromatic rings. The van der Waals surface area contributed by atoms with Crippen LogP contribution in [0.2, 0.25) is 0 Å². The third-order valence-electron chi connectivity index (χ3n) is 6.48. The lowest BCUT2D eigenvalue weighted by molar-refractivity contribution is -0.137. The van der Waals surface area contributed by atoms with E-state index in [0.717, 1.165) is 34.4 Å². The van der Waals surface area contributed by atoms with Crippen molar-refractivity contribution in [1.82, 2.24) is 24.8 Å². The van der Waals surface area contributed by atoms with Crippen LogP contribution in [-0.2, 0) is 12.7 Å². The van der Waals surface area contributed by atoms with Gasteiger partial charge in [0.1, 0.15) is 0 Å². The van der Waals surface area contributed by atoms with Crippen molar-refractivity contribution in [2.45, 2.75) is 38.7 Å². The lowest BCUT2D eigenvalue weighted by Gasteiger charge is -2.28. The SMILES string of the molecule is Cc1cc([C@H]2[C@H](c3ccccn3)NC(=S)N2Cc2ccccn2)c(C)n1-c1cccc(C(F)(F)F)c1. The Balaban J connectivity index is 1.62. The summed E-state index contributed by atoms with van der Waals surface area (Å²) < 4.78 is 42.1. The maximum absolute atomic E-state index is 13.4. The van der Waals surface area contributed by atoms with Crippen molar-refractivity contribution in [3.8, 4) is 5.69 Å². The Morgan fingerprint density at radius 3 is 2.36 bits per heavy atom. The zero-order chi connectivity index (χ0) is 25.4. The summed E-state index contributed by atoms with van der Waals surface area (Å²) in [6, 6.07) is 18.4. The van der Waals surface area contributed by atoms with E-state index in [1.807, 2.05) is 60.9 Å². The van der Waals surface area contributed by atoms with Crippen LogP contribution < -0.4 is 5.32 Å². The molecular formula is C27H24F3N5S. The molecule has 0 amide bonds. The van der Waals surface area contributed by atoms with E-state index in [9.17, 15) is 13.2 Å². The highest BCUT2D eigenvalue weighted by molar-refractivity contribution is 7.80. The Bertz CT molecular complexity index is 1390. The second-order valence-corrected chi connectivity index (χ2v) is 9.17. The van der Waals surface area contributed by atoms with Crippen molar-refractivity contribution in [2.75, 3.05) is 0 Å². The Labute approximate surface area is 212 Å². The average molecular weight is 508 g/mol. The first-order valence-corrected chi connectivity index (χ1v) is 11.9. The number of aromatic nitrogens is 3. The molecular weight excluding hydrogens is 483 g/mol. The first-order chi connectivity index (χ1) is 17.2. The number of aryl methyl sites for hydroxylation is 1. The highest BCUT2D eigenvalue weighted by atomic mass is 32.1. The molecule has 1 aliphatic rings. The molecule has 9 heteroatoms. The number of rotatable bonds is 5. The topological polar surface area (TPSA) is 46.0 Å². The number of pyridine rings is 2. The van der Waals surface area contributed by atoms with Crippen LogP contribution in [0.25, 0.3) is 5.69 Å². The number of nitrogens with one attached hydrogen (secondary N) is 1. The zero-order valence-corrected chi connectivity index (χ0v) is 20.5. The van der Waals surface area contributed by atoms with Crippen molar-refractivity contribution >= 4 is 17.3 Å². The van der Waals surface area contributed by atoms with Crippen molar-refractivity contribution in [2.24, 2.45) is 0 Å². The van der Waals surface area contributed by atoms with E-state index in [2.05, 4.69) is 20.2 Å². The summed E-state index contributed by atoms with van der Waals surface area (Å²) in [5.41, 5.74) is 4.11. The molecule has 0 unspecified atom stereocenters. The minimum Gasteiger partial charge on any atom is -0.352 e. The molecule has 0 aliphatic carbocycles. The van der Waals surface area contributed by atoms with Crippen molar-refractivity contribution in [1.29, 1.82) is 0 Å². The first-order valence-electron chi connectivity index (χ1n) is 11.5. The van der Waals surface area contributed by atoms with E-state index in [0.29, 0.717) is 17.3 Å². The van der Waals surface area contributed by atoms with Crippen molar-refractivity contribution < 1.29 is 13.2 Å². The molecule has 1 fully saturated rings. The number of benzene rings is 1. The third-order valence-corrected chi connectivity index (χ3v) is 6.83. The molecule has 0 saturated carbocycles. The smallest absolute Gasteiger partial charge is 0.352 e. The van der Waals surface area contributed by atoms with Gasteiger partial charge in [-0.1, -0.05) is 18.2 Å². The number of hydrogen-bond donors (Lipinski definition) is 1. The molecule has 0 radical (unpaired) electrons. The van der Waals surface area contributed by atoms with E-state index in [4.69, 9.17) is 12.2 Å². The predicted molar refractivity (Wildman–Crippen MR) is 135 cm³/mol. The standard InChI is InChI=1S/C27H24F3N5S/c1-17-14-22(18(2)35(17)21-10-7-8-19(15-21)27(28,29)30)25-24(23-11-4-6-13-32-23)33-26(36)34(25)16-20-9-3-5-12-31-20/h3-15,24-25H,16H2,1-2H3,(H,33,36)/t24-,25-/m0/s1. The fourth-order valence-corrected chi connectivity index (χ4v) is 5.19. The van der Waals surface area contributed by atoms with Crippen molar-refractivity contribution in [3.63, 3.8) is 0 Å². The summed E-state index contributed by atoms with van der Waals surface area (Å²) in [5.74, 6) is 0. The molecule has 1 saturated heterocycles. The molecule has 1 aromatic carbocycles.